The number of amides is 1. The van der Waals surface area contributed by atoms with E-state index in [-0.39, 0.29) is 11.7 Å². The van der Waals surface area contributed by atoms with Gasteiger partial charge in [0, 0.05) is 6.92 Å². The minimum Gasteiger partial charge on any atom is -0.425 e. The molecule has 0 spiro atoms. The van der Waals surface area contributed by atoms with Crippen LogP contribution in [0, 0.1) is 0 Å². The van der Waals surface area contributed by atoms with E-state index in [1.807, 2.05) is 6.07 Å². The van der Waals surface area contributed by atoms with E-state index in [9.17, 15) is 14.4 Å². The topological polar surface area (TPSA) is 81.7 Å². The van der Waals surface area contributed by atoms with Crippen molar-refractivity contribution in [1.29, 1.82) is 0 Å². The molecule has 0 fully saturated rings. The number of benzene rings is 2. The minimum absolute atomic E-state index is 0.289. The molecule has 0 saturated heterocycles. The van der Waals surface area contributed by atoms with E-state index < -0.39 is 18.0 Å². The highest BCUT2D eigenvalue weighted by molar-refractivity contribution is 5.91. The van der Waals surface area contributed by atoms with Crippen LogP contribution in [0.1, 0.15) is 24.2 Å². The molecule has 24 heavy (non-hydrogen) atoms. The van der Waals surface area contributed by atoms with Crippen LogP contribution < -0.4 is 14.8 Å². The molecule has 6 heteroatoms. The fourth-order valence-electron chi connectivity index (χ4n) is 1.88. The number of ether oxygens (including phenoxy) is 2. The molecule has 1 atom stereocenters. The molecule has 0 aliphatic rings. The Bertz CT molecular complexity index is 725. The van der Waals surface area contributed by atoms with Crippen molar-refractivity contribution in [2.45, 2.75) is 19.9 Å². The summed E-state index contributed by atoms with van der Waals surface area (Å²) < 4.78 is 10.4. The number of rotatable bonds is 5. The van der Waals surface area contributed by atoms with Crippen LogP contribution in [0.2, 0.25) is 0 Å². The second-order valence-electron chi connectivity index (χ2n) is 5.07. The lowest BCUT2D eigenvalue weighted by Crippen LogP contribution is -2.39. The molecule has 2 aromatic rings. The van der Waals surface area contributed by atoms with Crippen LogP contribution in [0.25, 0.3) is 0 Å². The fourth-order valence-corrected chi connectivity index (χ4v) is 1.88. The lowest BCUT2D eigenvalue weighted by Gasteiger charge is -2.12. The van der Waals surface area contributed by atoms with Crippen LogP contribution in [0.15, 0.2) is 54.6 Å². The van der Waals surface area contributed by atoms with E-state index in [2.05, 4.69) is 5.32 Å². The number of hydrogen-bond acceptors (Lipinski definition) is 5. The number of carbonyl (C=O) groups is 3. The molecule has 0 aliphatic carbocycles. The molecule has 0 bridgehead atoms. The van der Waals surface area contributed by atoms with Crippen molar-refractivity contribution in [2.24, 2.45) is 0 Å². The molecule has 0 saturated carbocycles. The van der Waals surface area contributed by atoms with Gasteiger partial charge < -0.3 is 14.8 Å². The molecule has 1 unspecified atom stereocenters. The highest BCUT2D eigenvalue weighted by Gasteiger charge is 2.16. The Morgan fingerprint density at radius 1 is 0.875 bits per heavy atom. The predicted octanol–water partition coefficient (Wildman–Crippen LogP) is 2.34. The Labute approximate surface area is 139 Å². The van der Waals surface area contributed by atoms with Gasteiger partial charge in [0.25, 0.3) is 0 Å². The molecule has 1 N–H and O–H groups in total. The Kier molecular flexibility index (Phi) is 5.68. The molecular weight excluding hydrogens is 310 g/mol. The Morgan fingerprint density at radius 2 is 1.42 bits per heavy atom. The summed E-state index contributed by atoms with van der Waals surface area (Å²) in [5, 5.41) is 2.44. The summed E-state index contributed by atoms with van der Waals surface area (Å²) in [6.45, 7) is 2.85. The Morgan fingerprint density at radius 3 is 1.96 bits per heavy atom. The molecule has 0 radical (unpaired) electrons. The van der Waals surface area contributed by atoms with E-state index in [1.54, 1.807) is 24.3 Å². The first-order valence-electron chi connectivity index (χ1n) is 7.32. The maximum atomic E-state index is 11.9. The van der Waals surface area contributed by atoms with Gasteiger partial charge in [-0.2, -0.15) is 0 Å². The smallest absolute Gasteiger partial charge is 0.343 e. The largest absolute Gasteiger partial charge is 0.425 e. The zero-order valence-corrected chi connectivity index (χ0v) is 13.3. The van der Waals surface area contributed by atoms with Gasteiger partial charge in [-0.05, 0) is 43.3 Å². The molecule has 0 aromatic heterocycles. The molecule has 124 valence electrons. The predicted molar refractivity (Wildman–Crippen MR) is 86.8 cm³/mol. The molecule has 1 amide bonds. The van der Waals surface area contributed by atoms with Crippen LogP contribution in [0.3, 0.4) is 0 Å². The third-order valence-electron chi connectivity index (χ3n) is 3.04. The van der Waals surface area contributed by atoms with Gasteiger partial charge in [0.2, 0.25) is 5.91 Å². The lowest BCUT2D eigenvalue weighted by molar-refractivity contribution is -0.138. The first-order valence-corrected chi connectivity index (χ1v) is 7.32. The van der Waals surface area contributed by atoms with Crippen LogP contribution in [0.4, 0.5) is 0 Å². The number of carbonyl (C=O) groups excluding carboxylic acids is 3. The normalized spacial score (nSPS) is 11.2. The lowest BCUT2D eigenvalue weighted by atomic mass is 10.2. The van der Waals surface area contributed by atoms with Gasteiger partial charge in [0.05, 0.1) is 5.56 Å². The molecule has 0 aliphatic heterocycles. The van der Waals surface area contributed by atoms with Crippen molar-refractivity contribution in [3.63, 3.8) is 0 Å². The number of esters is 2. The van der Waals surface area contributed by atoms with Crippen LogP contribution in [-0.2, 0) is 9.59 Å². The van der Waals surface area contributed by atoms with Crippen molar-refractivity contribution in [3.8, 4) is 11.5 Å². The Hall–Kier alpha value is -3.15. The standard InChI is InChI=1S/C18H17NO5/c1-12(19-13(2)20)17(21)23-15-8-10-16(11-9-15)24-18(22)14-6-4-3-5-7-14/h3-12H,1-2H3,(H,19,20). The quantitative estimate of drug-likeness (QED) is 0.673. The van der Waals surface area contributed by atoms with E-state index in [0.717, 1.165) is 0 Å². The maximum Gasteiger partial charge on any atom is 0.343 e. The van der Waals surface area contributed by atoms with Gasteiger partial charge in [-0.1, -0.05) is 18.2 Å². The molecule has 2 aromatic carbocycles. The Balaban J connectivity index is 1.94. The molecule has 2 rings (SSSR count). The molecule has 6 nitrogen and oxygen atoms in total. The van der Waals surface area contributed by atoms with Crippen molar-refractivity contribution in [1.82, 2.24) is 5.32 Å². The van der Waals surface area contributed by atoms with E-state index in [1.165, 1.54) is 38.1 Å². The van der Waals surface area contributed by atoms with Crippen LogP contribution in [-0.4, -0.2) is 23.9 Å². The first kappa shape index (κ1) is 17.2. The van der Waals surface area contributed by atoms with E-state index in [0.29, 0.717) is 11.3 Å². The number of hydrogen-bond donors (Lipinski definition) is 1. The van der Waals surface area contributed by atoms with Crippen molar-refractivity contribution >= 4 is 17.8 Å². The van der Waals surface area contributed by atoms with Gasteiger partial charge >= 0.3 is 11.9 Å². The first-order chi connectivity index (χ1) is 11.5. The summed E-state index contributed by atoms with van der Waals surface area (Å²) in [6.07, 6.45) is 0. The van der Waals surface area contributed by atoms with Gasteiger partial charge in [0.15, 0.2) is 0 Å². The van der Waals surface area contributed by atoms with E-state index in [4.69, 9.17) is 9.47 Å². The summed E-state index contributed by atoms with van der Waals surface area (Å²) in [5.74, 6) is -0.753. The number of nitrogens with one attached hydrogen (secondary N) is 1. The van der Waals surface area contributed by atoms with Gasteiger partial charge in [-0.3, -0.25) is 4.79 Å². The zero-order valence-electron chi connectivity index (χ0n) is 13.3. The zero-order chi connectivity index (χ0) is 17.5. The summed E-state index contributed by atoms with van der Waals surface area (Å²) in [6, 6.07) is 13.9. The molecule has 0 heterocycles. The van der Waals surface area contributed by atoms with Crippen molar-refractivity contribution in [3.05, 3.63) is 60.2 Å². The minimum atomic E-state index is -0.752. The SMILES string of the molecule is CC(=O)NC(C)C(=O)Oc1ccc(OC(=O)c2ccccc2)cc1. The average molecular weight is 327 g/mol. The van der Waals surface area contributed by atoms with Gasteiger partial charge in [-0.15, -0.1) is 0 Å². The van der Waals surface area contributed by atoms with Crippen LogP contribution in [0.5, 0.6) is 11.5 Å². The van der Waals surface area contributed by atoms with Crippen LogP contribution >= 0.6 is 0 Å². The van der Waals surface area contributed by atoms with Gasteiger partial charge in [-0.25, -0.2) is 9.59 Å². The fraction of sp³-hybridized carbons (Fsp3) is 0.167. The van der Waals surface area contributed by atoms with Crippen molar-refractivity contribution in [2.75, 3.05) is 0 Å². The maximum absolute atomic E-state index is 11.9. The van der Waals surface area contributed by atoms with Gasteiger partial charge in [0.1, 0.15) is 17.5 Å². The van der Waals surface area contributed by atoms with Crippen molar-refractivity contribution < 1.29 is 23.9 Å². The average Bonchev–Trinajstić information content (AvgIpc) is 2.56. The summed E-state index contributed by atoms with van der Waals surface area (Å²) >= 11 is 0. The molecular formula is C18H17NO5. The second kappa shape index (κ2) is 7.92. The highest BCUT2D eigenvalue weighted by Crippen LogP contribution is 2.19. The summed E-state index contributed by atoms with van der Waals surface area (Å²) in [5.41, 5.74) is 0.442. The highest BCUT2D eigenvalue weighted by atomic mass is 16.5. The third-order valence-corrected chi connectivity index (χ3v) is 3.04. The summed E-state index contributed by atoms with van der Waals surface area (Å²) in [7, 11) is 0. The van der Waals surface area contributed by atoms with E-state index >= 15 is 0 Å². The monoisotopic (exact) mass is 327 g/mol. The third kappa shape index (κ3) is 4.95. The second-order valence-corrected chi connectivity index (χ2v) is 5.07. The summed E-state index contributed by atoms with van der Waals surface area (Å²) in [4.78, 5) is 34.6.